The molecule has 0 aliphatic heterocycles. The molecule has 0 spiro atoms. The molecular formula is C9H16N4O. The van der Waals surface area contributed by atoms with Gasteiger partial charge in [-0.2, -0.15) is 0 Å². The average molecular weight is 196 g/mol. The molecule has 0 radical (unpaired) electrons. The van der Waals surface area contributed by atoms with Crippen LogP contribution in [0.2, 0.25) is 0 Å². The largest absolute Gasteiger partial charge is 0.313 e. The van der Waals surface area contributed by atoms with Gasteiger partial charge in [0.25, 0.3) is 0 Å². The number of carbonyl (C=O) groups excluding carboxylic acids is 1. The third-order valence-corrected chi connectivity index (χ3v) is 2.02. The molecule has 0 atom stereocenters. The van der Waals surface area contributed by atoms with E-state index in [0.717, 1.165) is 5.69 Å². The highest BCUT2D eigenvalue weighted by molar-refractivity contribution is 5.96. The zero-order valence-corrected chi connectivity index (χ0v) is 9.03. The first-order valence-corrected chi connectivity index (χ1v) is 4.65. The Morgan fingerprint density at radius 2 is 2.21 bits per heavy atom. The molecule has 1 rings (SSSR count). The Balaban J connectivity index is 3.02. The number of aromatic nitrogens is 3. The predicted molar refractivity (Wildman–Crippen MR) is 53.3 cm³/mol. The maximum atomic E-state index is 11.6. The van der Waals surface area contributed by atoms with Crippen molar-refractivity contribution in [1.29, 1.82) is 0 Å². The summed E-state index contributed by atoms with van der Waals surface area (Å²) in [6, 6.07) is 0. The van der Waals surface area contributed by atoms with E-state index in [1.54, 1.807) is 18.8 Å². The van der Waals surface area contributed by atoms with Crippen LogP contribution in [0.5, 0.6) is 0 Å². The van der Waals surface area contributed by atoms with E-state index in [1.807, 2.05) is 13.8 Å². The van der Waals surface area contributed by atoms with Crippen LogP contribution in [0.15, 0.2) is 0 Å². The average Bonchev–Trinajstić information content (AvgIpc) is 2.47. The number of hydrogen-bond acceptors (Lipinski definition) is 4. The number of Topliss-reactive ketones (excluding diaryl/α,β-unsaturated/α-hetero) is 1. The van der Waals surface area contributed by atoms with E-state index in [-0.39, 0.29) is 11.7 Å². The van der Waals surface area contributed by atoms with Crippen molar-refractivity contribution < 1.29 is 4.79 Å². The molecule has 0 saturated heterocycles. The number of aryl methyl sites for hydroxylation is 1. The SMILES string of the molecule is CNCC(=O)c1nnn(C)c1C(C)C. The van der Waals surface area contributed by atoms with Crippen molar-refractivity contribution in [3.8, 4) is 0 Å². The smallest absolute Gasteiger partial charge is 0.198 e. The first-order chi connectivity index (χ1) is 6.57. The van der Waals surface area contributed by atoms with Gasteiger partial charge in [0.2, 0.25) is 0 Å². The van der Waals surface area contributed by atoms with Gasteiger partial charge in [-0.25, -0.2) is 0 Å². The number of nitrogens with zero attached hydrogens (tertiary/aromatic N) is 3. The Morgan fingerprint density at radius 1 is 1.57 bits per heavy atom. The molecule has 0 aliphatic carbocycles. The molecule has 0 unspecified atom stereocenters. The summed E-state index contributed by atoms with van der Waals surface area (Å²) >= 11 is 0. The van der Waals surface area contributed by atoms with Crippen LogP contribution in [0.1, 0.15) is 35.9 Å². The fraction of sp³-hybridized carbons (Fsp3) is 0.667. The fourth-order valence-corrected chi connectivity index (χ4v) is 1.45. The second-order valence-electron chi connectivity index (χ2n) is 3.56. The maximum absolute atomic E-state index is 11.6. The lowest BCUT2D eigenvalue weighted by molar-refractivity contribution is 0.0987. The lowest BCUT2D eigenvalue weighted by atomic mass is 10.1. The van der Waals surface area contributed by atoms with E-state index in [0.29, 0.717) is 12.2 Å². The molecule has 0 amide bonds. The van der Waals surface area contributed by atoms with Gasteiger partial charge in [0.15, 0.2) is 11.5 Å². The molecule has 78 valence electrons. The van der Waals surface area contributed by atoms with Gasteiger partial charge in [0.1, 0.15) is 0 Å². The zero-order valence-electron chi connectivity index (χ0n) is 9.03. The molecule has 0 fully saturated rings. The van der Waals surface area contributed by atoms with Crippen molar-refractivity contribution in [2.24, 2.45) is 7.05 Å². The standard InChI is InChI=1S/C9H16N4O/c1-6(2)9-8(7(14)5-10-3)11-12-13(9)4/h6,10H,5H2,1-4H3. The second kappa shape index (κ2) is 4.32. The highest BCUT2D eigenvalue weighted by Crippen LogP contribution is 2.16. The van der Waals surface area contributed by atoms with Crippen LogP contribution in [0.25, 0.3) is 0 Å². The molecule has 14 heavy (non-hydrogen) atoms. The summed E-state index contributed by atoms with van der Waals surface area (Å²) in [5, 5.41) is 10.6. The van der Waals surface area contributed by atoms with Crippen molar-refractivity contribution in [3.63, 3.8) is 0 Å². The number of rotatable bonds is 4. The number of ketones is 1. The summed E-state index contributed by atoms with van der Waals surface area (Å²) in [5.41, 5.74) is 1.38. The van der Waals surface area contributed by atoms with Gasteiger partial charge in [-0.3, -0.25) is 9.48 Å². The van der Waals surface area contributed by atoms with Crippen molar-refractivity contribution in [2.75, 3.05) is 13.6 Å². The lowest BCUT2D eigenvalue weighted by Crippen LogP contribution is -2.20. The monoisotopic (exact) mass is 196 g/mol. The zero-order chi connectivity index (χ0) is 10.7. The van der Waals surface area contributed by atoms with E-state index in [4.69, 9.17) is 0 Å². The molecule has 5 nitrogen and oxygen atoms in total. The highest BCUT2D eigenvalue weighted by Gasteiger charge is 2.19. The van der Waals surface area contributed by atoms with E-state index in [1.165, 1.54) is 0 Å². The van der Waals surface area contributed by atoms with Crippen LogP contribution >= 0.6 is 0 Å². The number of likely N-dealkylation sites (N-methyl/N-ethyl adjacent to an activating group) is 1. The van der Waals surface area contributed by atoms with Gasteiger partial charge in [-0.05, 0) is 13.0 Å². The summed E-state index contributed by atoms with van der Waals surface area (Å²) in [4.78, 5) is 11.6. The van der Waals surface area contributed by atoms with Gasteiger partial charge in [-0.15, -0.1) is 5.10 Å². The van der Waals surface area contributed by atoms with Gasteiger partial charge in [0.05, 0.1) is 12.2 Å². The Hall–Kier alpha value is -1.23. The minimum Gasteiger partial charge on any atom is -0.313 e. The molecule has 1 aromatic heterocycles. The topological polar surface area (TPSA) is 59.8 Å². The summed E-state index contributed by atoms with van der Waals surface area (Å²) in [5.74, 6) is 0.245. The Kier molecular flexibility index (Phi) is 3.35. The predicted octanol–water partition coefficient (Wildman–Crippen LogP) is 0.341. The first-order valence-electron chi connectivity index (χ1n) is 4.65. The van der Waals surface area contributed by atoms with Gasteiger partial charge in [-0.1, -0.05) is 19.1 Å². The number of hydrogen-bond donors (Lipinski definition) is 1. The van der Waals surface area contributed by atoms with Gasteiger partial charge < -0.3 is 5.32 Å². The number of carbonyl (C=O) groups is 1. The van der Waals surface area contributed by atoms with Crippen molar-refractivity contribution >= 4 is 5.78 Å². The molecule has 0 aliphatic rings. The Bertz CT molecular complexity index is 330. The third kappa shape index (κ3) is 1.98. The lowest BCUT2D eigenvalue weighted by Gasteiger charge is -2.06. The van der Waals surface area contributed by atoms with Gasteiger partial charge in [0, 0.05) is 7.05 Å². The van der Waals surface area contributed by atoms with Crippen LogP contribution in [0.3, 0.4) is 0 Å². The molecule has 0 saturated carbocycles. The summed E-state index contributed by atoms with van der Waals surface area (Å²) in [7, 11) is 3.54. The summed E-state index contributed by atoms with van der Waals surface area (Å²) < 4.78 is 1.66. The highest BCUT2D eigenvalue weighted by atomic mass is 16.1. The molecular weight excluding hydrogens is 180 g/mol. The minimum atomic E-state index is -0.00991. The van der Waals surface area contributed by atoms with E-state index < -0.39 is 0 Å². The van der Waals surface area contributed by atoms with Crippen molar-refractivity contribution in [3.05, 3.63) is 11.4 Å². The molecule has 0 aromatic carbocycles. The molecule has 0 bridgehead atoms. The quantitative estimate of drug-likeness (QED) is 0.705. The van der Waals surface area contributed by atoms with Gasteiger partial charge >= 0.3 is 0 Å². The van der Waals surface area contributed by atoms with Crippen LogP contribution in [-0.2, 0) is 7.05 Å². The molecule has 5 heteroatoms. The van der Waals surface area contributed by atoms with E-state index >= 15 is 0 Å². The summed E-state index contributed by atoms with van der Waals surface area (Å²) in [6.45, 7) is 4.35. The van der Waals surface area contributed by atoms with Crippen LogP contribution in [0.4, 0.5) is 0 Å². The Labute approximate surface area is 83.5 Å². The third-order valence-electron chi connectivity index (χ3n) is 2.02. The number of nitrogens with one attached hydrogen (secondary N) is 1. The van der Waals surface area contributed by atoms with Crippen molar-refractivity contribution in [2.45, 2.75) is 19.8 Å². The normalized spacial score (nSPS) is 10.9. The first kappa shape index (κ1) is 10.8. The molecule has 1 heterocycles. The maximum Gasteiger partial charge on any atom is 0.198 e. The Morgan fingerprint density at radius 3 is 2.71 bits per heavy atom. The molecule has 1 aromatic rings. The minimum absolute atomic E-state index is 0.00991. The van der Waals surface area contributed by atoms with Crippen LogP contribution in [-0.4, -0.2) is 34.4 Å². The van der Waals surface area contributed by atoms with Crippen LogP contribution < -0.4 is 5.32 Å². The van der Waals surface area contributed by atoms with E-state index in [2.05, 4.69) is 15.6 Å². The van der Waals surface area contributed by atoms with Crippen molar-refractivity contribution in [1.82, 2.24) is 20.3 Å². The molecule has 1 N–H and O–H groups in total. The fourth-order valence-electron chi connectivity index (χ4n) is 1.45. The van der Waals surface area contributed by atoms with Crippen LogP contribution in [0, 0.1) is 0 Å². The summed E-state index contributed by atoms with van der Waals surface area (Å²) in [6.07, 6.45) is 0. The second-order valence-corrected chi connectivity index (χ2v) is 3.56. The van der Waals surface area contributed by atoms with E-state index in [9.17, 15) is 4.79 Å².